The van der Waals surface area contributed by atoms with Crippen LogP contribution in [0.1, 0.15) is 29.4 Å². The highest BCUT2D eigenvalue weighted by Gasteiger charge is 2.12. The van der Waals surface area contributed by atoms with Crippen molar-refractivity contribution in [2.45, 2.75) is 26.5 Å². The van der Waals surface area contributed by atoms with Crippen molar-refractivity contribution in [2.24, 2.45) is 0 Å². The van der Waals surface area contributed by atoms with Gasteiger partial charge in [-0.3, -0.25) is 9.48 Å². The highest BCUT2D eigenvalue weighted by Crippen LogP contribution is 2.19. The zero-order chi connectivity index (χ0) is 16.1. The largest absolute Gasteiger partial charge is 0.377 e. The Balaban J connectivity index is 1.58. The van der Waals surface area contributed by atoms with E-state index in [4.69, 9.17) is 4.74 Å². The van der Waals surface area contributed by atoms with Crippen molar-refractivity contribution in [1.29, 1.82) is 0 Å². The summed E-state index contributed by atoms with van der Waals surface area (Å²) in [6, 6.07) is 18.0. The number of hydrogen-bond donors (Lipinski definition) is 0. The molecule has 23 heavy (non-hydrogen) atoms. The smallest absolute Gasteiger partial charge is 0.180 e. The Morgan fingerprint density at radius 3 is 2.61 bits per heavy atom. The number of hydrogen-bond acceptors (Lipinski definition) is 3. The van der Waals surface area contributed by atoms with E-state index >= 15 is 0 Å². The maximum absolute atomic E-state index is 11.7. The second-order valence-electron chi connectivity index (χ2n) is 5.54. The first-order valence-electron chi connectivity index (χ1n) is 7.84. The molecule has 4 heteroatoms. The number of benzene rings is 2. The average Bonchev–Trinajstić information content (AvgIpc) is 2.95. The fourth-order valence-electron chi connectivity index (χ4n) is 2.64. The molecule has 3 rings (SSSR count). The quantitative estimate of drug-likeness (QED) is 0.492. The molecular formula is C19H20N2O2. The molecule has 0 saturated heterocycles. The molecule has 2 aromatic carbocycles. The number of Topliss-reactive ketones (excluding diaryl/α,β-unsaturated/α-hetero) is 1. The molecule has 0 saturated carbocycles. The van der Waals surface area contributed by atoms with Crippen LogP contribution < -0.4 is 0 Å². The highest BCUT2D eigenvalue weighted by molar-refractivity contribution is 6.04. The summed E-state index contributed by atoms with van der Waals surface area (Å²) in [6.45, 7) is 3.59. The third kappa shape index (κ3) is 3.66. The number of rotatable bonds is 7. The standard InChI is InChI=1S/C19H20N2O2/c1-15(22)19-17-10-5-6-11-18(17)21(20-19)12-7-13-23-14-16-8-3-2-4-9-16/h2-6,8-11H,7,12-14H2,1H3. The van der Waals surface area contributed by atoms with E-state index in [1.165, 1.54) is 5.56 Å². The fraction of sp³-hybridized carbons (Fsp3) is 0.263. The van der Waals surface area contributed by atoms with Crippen LogP contribution in [-0.4, -0.2) is 22.2 Å². The van der Waals surface area contributed by atoms with Gasteiger partial charge in [-0.15, -0.1) is 0 Å². The number of ketones is 1. The zero-order valence-corrected chi connectivity index (χ0v) is 13.2. The number of aromatic nitrogens is 2. The highest BCUT2D eigenvalue weighted by atomic mass is 16.5. The van der Waals surface area contributed by atoms with Gasteiger partial charge >= 0.3 is 0 Å². The first kappa shape index (κ1) is 15.4. The molecule has 0 unspecified atom stereocenters. The van der Waals surface area contributed by atoms with Crippen LogP contribution in [0.15, 0.2) is 54.6 Å². The zero-order valence-electron chi connectivity index (χ0n) is 13.2. The molecular weight excluding hydrogens is 288 g/mol. The number of ether oxygens (including phenoxy) is 1. The Kier molecular flexibility index (Phi) is 4.83. The summed E-state index contributed by atoms with van der Waals surface area (Å²) >= 11 is 0. The maximum Gasteiger partial charge on any atom is 0.180 e. The number of fused-ring (bicyclic) bond motifs is 1. The Hall–Kier alpha value is -2.46. The second-order valence-corrected chi connectivity index (χ2v) is 5.54. The van der Waals surface area contributed by atoms with E-state index in [-0.39, 0.29) is 5.78 Å². The van der Waals surface area contributed by atoms with Gasteiger partial charge < -0.3 is 4.74 Å². The van der Waals surface area contributed by atoms with E-state index in [0.717, 1.165) is 23.9 Å². The number of carbonyl (C=O) groups excluding carboxylic acids is 1. The predicted octanol–water partition coefficient (Wildman–Crippen LogP) is 3.85. The van der Waals surface area contributed by atoms with Gasteiger partial charge in [-0.1, -0.05) is 48.5 Å². The lowest BCUT2D eigenvalue weighted by Gasteiger charge is -2.05. The van der Waals surface area contributed by atoms with Crippen molar-refractivity contribution in [3.63, 3.8) is 0 Å². The molecule has 4 nitrogen and oxygen atoms in total. The van der Waals surface area contributed by atoms with E-state index < -0.39 is 0 Å². The molecule has 118 valence electrons. The fourth-order valence-corrected chi connectivity index (χ4v) is 2.64. The van der Waals surface area contributed by atoms with Crippen molar-refractivity contribution >= 4 is 16.7 Å². The molecule has 0 fully saturated rings. The van der Waals surface area contributed by atoms with Crippen LogP contribution in [0.25, 0.3) is 10.9 Å². The molecule has 1 aromatic heterocycles. The first-order valence-corrected chi connectivity index (χ1v) is 7.84. The van der Waals surface area contributed by atoms with Gasteiger partial charge in [0.2, 0.25) is 0 Å². The van der Waals surface area contributed by atoms with Gasteiger partial charge in [0.15, 0.2) is 5.78 Å². The molecule has 0 bridgehead atoms. The van der Waals surface area contributed by atoms with Crippen LogP contribution in [0.3, 0.4) is 0 Å². The first-order chi connectivity index (χ1) is 11.3. The summed E-state index contributed by atoms with van der Waals surface area (Å²) in [5.74, 6) is 0.000257. The molecule has 0 aliphatic rings. The second kappa shape index (κ2) is 7.20. The summed E-state index contributed by atoms with van der Waals surface area (Å²) < 4.78 is 7.60. The van der Waals surface area contributed by atoms with E-state index in [2.05, 4.69) is 17.2 Å². The van der Waals surface area contributed by atoms with Crippen molar-refractivity contribution in [1.82, 2.24) is 9.78 Å². The van der Waals surface area contributed by atoms with Crippen molar-refractivity contribution in [3.8, 4) is 0 Å². The summed E-state index contributed by atoms with van der Waals surface area (Å²) in [6.07, 6.45) is 0.857. The predicted molar refractivity (Wildman–Crippen MR) is 90.5 cm³/mol. The summed E-state index contributed by atoms with van der Waals surface area (Å²) in [5, 5.41) is 5.38. The average molecular weight is 308 g/mol. The van der Waals surface area contributed by atoms with Gasteiger partial charge in [-0.2, -0.15) is 5.10 Å². The molecule has 0 aliphatic carbocycles. The van der Waals surface area contributed by atoms with E-state index in [1.807, 2.05) is 47.1 Å². The normalized spacial score (nSPS) is 11.0. The van der Waals surface area contributed by atoms with Crippen LogP contribution in [0, 0.1) is 0 Å². The van der Waals surface area contributed by atoms with Crippen LogP contribution in [-0.2, 0) is 17.9 Å². The number of para-hydroxylation sites is 1. The number of nitrogens with zero attached hydrogens (tertiary/aromatic N) is 2. The van der Waals surface area contributed by atoms with Crippen LogP contribution >= 0.6 is 0 Å². The minimum atomic E-state index is 0.000257. The maximum atomic E-state index is 11.7. The van der Waals surface area contributed by atoms with Gasteiger partial charge in [0.05, 0.1) is 12.1 Å². The van der Waals surface area contributed by atoms with Gasteiger partial charge in [0, 0.05) is 25.5 Å². The Labute approximate surface area is 135 Å². The van der Waals surface area contributed by atoms with Crippen LogP contribution in [0.5, 0.6) is 0 Å². The summed E-state index contributed by atoms with van der Waals surface area (Å²) in [7, 11) is 0. The van der Waals surface area contributed by atoms with E-state index in [9.17, 15) is 4.79 Å². The Bertz CT molecular complexity index is 793. The van der Waals surface area contributed by atoms with Gasteiger partial charge in [-0.05, 0) is 18.1 Å². The van der Waals surface area contributed by atoms with E-state index in [1.54, 1.807) is 6.92 Å². The van der Waals surface area contributed by atoms with Crippen LogP contribution in [0.4, 0.5) is 0 Å². The lowest BCUT2D eigenvalue weighted by atomic mass is 10.2. The molecule has 0 aliphatic heterocycles. The van der Waals surface area contributed by atoms with Gasteiger partial charge in [0.1, 0.15) is 5.69 Å². The van der Waals surface area contributed by atoms with Crippen molar-refractivity contribution < 1.29 is 9.53 Å². The Morgan fingerprint density at radius 1 is 1.09 bits per heavy atom. The molecule has 3 aromatic rings. The van der Waals surface area contributed by atoms with Gasteiger partial charge in [0.25, 0.3) is 0 Å². The summed E-state index contributed by atoms with van der Waals surface area (Å²) in [4.78, 5) is 11.7. The number of aryl methyl sites for hydroxylation is 1. The molecule has 0 N–H and O–H groups in total. The lowest BCUT2D eigenvalue weighted by Crippen LogP contribution is -2.05. The molecule has 1 heterocycles. The van der Waals surface area contributed by atoms with Gasteiger partial charge in [-0.25, -0.2) is 0 Å². The third-order valence-electron chi connectivity index (χ3n) is 3.76. The van der Waals surface area contributed by atoms with Crippen molar-refractivity contribution in [3.05, 3.63) is 65.9 Å². The van der Waals surface area contributed by atoms with Crippen molar-refractivity contribution in [2.75, 3.05) is 6.61 Å². The minimum Gasteiger partial charge on any atom is -0.377 e. The lowest BCUT2D eigenvalue weighted by molar-refractivity contribution is 0.101. The Morgan fingerprint density at radius 2 is 1.83 bits per heavy atom. The number of carbonyl (C=O) groups is 1. The molecule has 0 amide bonds. The minimum absolute atomic E-state index is 0.000257. The summed E-state index contributed by atoms with van der Waals surface area (Å²) in [5.41, 5.74) is 2.72. The van der Waals surface area contributed by atoms with Crippen LogP contribution in [0.2, 0.25) is 0 Å². The third-order valence-corrected chi connectivity index (χ3v) is 3.76. The molecule has 0 spiro atoms. The molecule has 0 atom stereocenters. The van der Waals surface area contributed by atoms with E-state index in [0.29, 0.717) is 18.9 Å². The topological polar surface area (TPSA) is 44.1 Å². The SMILES string of the molecule is CC(=O)c1nn(CCCOCc2ccccc2)c2ccccc12. The monoisotopic (exact) mass is 308 g/mol. The molecule has 0 radical (unpaired) electrons.